The fourth-order valence-electron chi connectivity index (χ4n) is 2.99. The molecule has 0 bridgehead atoms. The van der Waals surface area contributed by atoms with Crippen molar-refractivity contribution in [1.29, 1.82) is 0 Å². The molecular formula is C17H25NO2S. The number of fused-ring (bicyclic) bond motifs is 1. The summed E-state index contributed by atoms with van der Waals surface area (Å²) < 4.78 is 11.3. The van der Waals surface area contributed by atoms with Crippen LogP contribution in [-0.2, 0) is 15.2 Å². The van der Waals surface area contributed by atoms with Crippen LogP contribution in [0.2, 0.25) is 0 Å². The van der Waals surface area contributed by atoms with Gasteiger partial charge in [-0.25, -0.2) is 0 Å². The number of ether oxygens (including phenoxy) is 2. The zero-order chi connectivity index (χ0) is 14.3. The highest BCUT2D eigenvalue weighted by atomic mass is 32.2. The average Bonchev–Trinajstić information content (AvgIpc) is 3.04. The van der Waals surface area contributed by atoms with E-state index in [2.05, 4.69) is 29.6 Å². The van der Waals surface area contributed by atoms with Gasteiger partial charge in [-0.2, -0.15) is 11.8 Å². The van der Waals surface area contributed by atoms with E-state index in [1.165, 1.54) is 23.3 Å². The fourth-order valence-corrected chi connectivity index (χ4v) is 4.13. The van der Waals surface area contributed by atoms with Crippen LogP contribution >= 0.6 is 11.8 Å². The molecule has 2 heterocycles. The van der Waals surface area contributed by atoms with Gasteiger partial charge in [0.1, 0.15) is 0 Å². The lowest BCUT2D eigenvalue weighted by Crippen LogP contribution is -2.28. The third-order valence-corrected chi connectivity index (χ3v) is 5.24. The van der Waals surface area contributed by atoms with Gasteiger partial charge >= 0.3 is 0 Å². The van der Waals surface area contributed by atoms with Crippen molar-refractivity contribution in [2.24, 2.45) is 0 Å². The predicted molar refractivity (Wildman–Crippen MR) is 87.8 cm³/mol. The van der Waals surface area contributed by atoms with E-state index in [0.29, 0.717) is 12.1 Å². The second-order valence-electron chi connectivity index (χ2n) is 5.78. The Hall–Kier alpha value is -0.550. The first-order valence-electron chi connectivity index (χ1n) is 8.02. The molecule has 0 aliphatic carbocycles. The van der Waals surface area contributed by atoms with E-state index in [-0.39, 0.29) is 0 Å². The van der Waals surface area contributed by atoms with Crippen LogP contribution in [0.5, 0.6) is 0 Å². The van der Waals surface area contributed by atoms with Gasteiger partial charge in [0, 0.05) is 30.8 Å². The smallest absolute Gasteiger partial charge is 0.0809 e. The first-order valence-corrected chi connectivity index (χ1v) is 9.17. The second kappa shape index (κ2) is 8.18. The number of hydrogen-bond acceptors (Lipinski definition) is 4. The van der Waals surface area contributed by atoms with Crippen LogP contribution in [0.4, 0.5) is 0 Å². The van der Waals surface area contributed by atoms with Crippen LogP contribution in [0.3, 0.4) is 0 Å². The molecule has 116 valence electrons. The minimum absolute atomic E-state index is 0.347. The Bertz CT molecular complexity index is 435. The topological polar surface area (TPSA) is 30.5 Å². The molecule has 3 nitrogen and oxygen atoms in total. The predicted octanol–water partition coefficient (Wildman–Crippen LogP) is 3.15. The maximum Gasteiger partial charge on any atom is 0.0809 e. The van der Waals surface area contributed by atoms with Gasteiger partial charge in [-0.3, -0.25) is 0 Å². The lowest BCUT2D eigenvalue weighted by atomic mass is 10.0. The average molecular weight is 307 g/mol. The summed E-state index contributed by atoms with van der Waals surface area (Å²) in [5.74, 6) is 2.33. The summed E-state index contributed by atoms with van der Waals surface area (Å²) in [6.45, 7) is 3.52. The first kappa shape index (κ1) is 15.3. The molecular weight excluding hydrogens is 282 g/mol. The van der Waals surface area contributed by atoms with Crippen LogP contribution in [0.1, 0.15) is 36.4 Å². The summed E-state index contributed by atoms with van der Waals surface area (Å²) in [5, 5.41) is 3.67. The summed E-state index contributed by atoms with van der Waals surface area (Å²) in [6.07, 6.45) is 3.76. The third kappa shape index (κ3) is 4.46. The van der Waals surface area contributed by atoms with Crippen LogP contribution in [0, 0.1) is 0 Å². The molecule has 1 fully saturated rings. The van der Waals surface area contributed by atoms with Gasteiger partial charge in [0.15, 0.2) is 0 Å². The summed E-state index contributed by atoms with van der Waals surface area (Å²) in [7, 11) is 0. The molecule has 4 heteroatoms. The van der Waals surface area contributed by atoms with Crippen molar-refractivity contribution >= 4 is 11.8 Å². The van der Waals surface area contributed by atoms with Crippen molar-refractivity contribution in [2.45, 2.75) is 37.2 Å². The molecule has 1 aromatic rings. The highest BCUT2D eigenvalue weighted by molar-refractivity contribution is 7.98. The summed E-state index contributed by atoms with van der Waals surface area (Å²) >= 11 is 2.02. The van der Waals surface area contributed by atoms with Gasteiger partial charge in [0.25, 0.3) is 0 Å². The van der Waals surface area contributed by atoms with Gasteiger partial charge in [0.2, 0.25) is 0 Å². The molecule has 2 aliphatic heterocycles. The van der Waals surface area contributed by atoms with E-state index in [1.807, 2.05) is 11.8 Å². The number of nitrogens with one attached hydrogen (secondary N) is 1. The second-order valence-corrected chi connectivity index (χ2v) is 6.81. The van der Waals surface area contributed by atoms with Gasteiger partial charge in [-0.05, 0) is 36.9 Å². The summed E-state index contributed by atoms with van der Waals surface area (Å²) in [5.41, 5.74) is 2.97. The van der Waals surface area contributed by atoms with E-state index in [1.54, 1.807) is 0 Å². The van der Waals surface area contributed by atoms with Gasteiger partial charge in [0.05, 0.1) is 12.7 Å². The Kier molecular flexibility index (Phi) is 5.98. The molecule has 1 saturated heterocycles. The van der Waals surface area contributed by atoms with Gasteiger partial charge in [-0.1, -0.05) is 24.3 Å². The Morgan fingerprint density at radius 2 is 2.29 bits per heavy atom. The van der Waals surface area contributed by atoms with Crippen LogP contribution < -0.4 is 5.32 Å². The summed E-state index contributed by atoms with van der Waals surface area (Å²) in [6, 6.07) is 9.30. The molecule has 0 saturated carbocycles. The normalized spacial score (nSPS) is 25.0. The van der Waals surface area contributed by atoms with Crippen LogP contribution in [-0.4, -0.2) is 38.2 Å². The number of rotatable bonds is 7. The van der Waals surface area contributed by atoms with Gasteiger partial charge < -0.3 is 14.8 Å². The largest absolute Gasteiger partial charge is 0.379 e. The lowest BCUT2D eigenvalue weighted by molar-refractivity contribution is 0.0165. The fraction of sp³-hybridized carbons (Fsp3) is 0.647. The Labute approximate surface area is 131 Å². The van der Waals surface area contributed by atoms with E-state index < -0.39 is 0 Å². The van der Waals surface area contributed by atoms with Crippen molar-refractivity contribution in [1.82, 2.24) is 5.32 Å². The molecule has 0 spiro atoms. The van der Waals surface area contributed by atoms with E-state index >= 15 is 0 Å². The van der Waals surface area contributed by atoms with Crippen molar-refractivity contribution in [2.75, 3.05) is 32.1 Å². The minimum Gasteiger partial charge on any atom is -0.379 e. The molecule has 2 atom stereocenters. The maximum atomic E-state index is 5.71. The quantitative estimate of drug-likeness (QED) is 0.784. The van der Waals surface area contributed by atoms with E-state index in [9.17, 15) is 0 Å². The molecule has 0 aromatic heterocycles. The van der Waals surface area contributed by atoms with Crippen LogP contribution in [0.25, 0.3) is 0 Å². The molecule has 3 rings (SSSR count). The van der Waals surface area contributed by atoms with Crippen LogP contribution in [0.15, 0.2) is 24.3 Å². The van der Waals surface area contributed by atoms with E-state index in [0.717, 1.165) is 45.0 Å². The van der Waals surface area contributed by atoms with Crippen molar-refractivity contribution in [3.8, 4) is 0 Å². The molecule has 0 radical (unpaired) electrons. The standard InChI is InChI=1S/C17H25NO2S/c1-2-7-16-14(5-1)12-21-13-17(16)18-8-4-9-19-11-15-6-3-10-20-15/h1-2,5,7,15,17-18H,3-4,6,8-13H2. The Morgan fingerprint density at radius 1 is 1.33 bits per heavy atom. The number of hydrogen-bond donors (Lipinski definition) is 1. The third-order valence-electron chi connectivity index (χ3n) is 4.16. The zero-order valence-electron chi connectivity index (χ0n) is 12.6. The summed E-state index contributed by atoms with van der Waals surface area (Å²) in [4.78, 5) is 0. The number of benzene rings is 1. The molecule has 21 heavy (non-hydrogen) atoms. The molecule has 2 aliphatic rings. The lowest BCUT2D eigenvalue weighted by Gasteiger charge is -2.26. The monoisotopic (exact) mass is 307 g/mol. The Balaban J connectivity index is 1.32. The molecule has 0 amide bonds. The molecule has 1 aromatic carbocycles. The van der Waals surface area contributed by atoms with Crippen molar-refractivity contribution in [3.63, 3.8) is 0 Å². The van der Waals surface area contributed by atoms with Gasteiger partial charge in [-0.15, -0.1) is 0 Å². The first-order chi connectivity index (χ1) is 10.4. The molecule has 1 N–H and O–H groups in total. The van der Waals surface area contributed by atoms with Crippen molar-refractivity contribution < 1.29 is 9.47 Å². The maximum absolute atomic E-state index is 5.71. The minimum atomic E-state index is 0.347. The highest BCUT2D eigenvalue weighted by Crippen LogP contribution is 2.31. The molecule has 2 unspecified atom stereocenters. The Morgan fingerprint density at radius 3 is 3.19 bits per heavy atom. The van der Waals surface area contributed by atoms with E-state index in [4.69, 9.17) is 9.47 Å². The number of thioether (sulfide) groups is 1. The van der Waals surface area contributed by atoms with Crippen molar-refractivity contribution in [3.05, 3.63) is 35.4 Å². The highest BCUT2D eigenvalue weighted by Gasteiger charge is 2.19. The zero-order valence-corrected chi connectivity index (χ0v) is 13.4. The SMILES string of the molecule is c1ccc2c(c1)CSCC2NCCCOCC1CCCO1.